The number of halogens is 2. The zero-order valence-corrected chi connectivity index (χ0v) is 11.1. The molecule has 2 aromatic rings. The Hall–Kier alpha value is -2.28. The Balaban J connectivity index is 2.19. The maximum Gasteiger partial charge on any atom is 0.141 e. The predicted molar refractivity (Wildman–Crippen MR) is 77.7 cm³/mol. The average molecular weight is 294 g/mol. The number of nitrogens with two attached hydrogens (primary N) is 2. The smallest absolute Gasteiger partial charge is 0.141 e. The van der Waals surface area contributed by atoms with Gasteiger partial charge in [0, 0.05) is 16.9 Å². The van der Waals surface area contributed by atoms with Crippen LogP contribution in [0.2, 0.25) is 0 Å². The first-order valence-corrected chi connectivity index (χ1v) is 6.41. The van der Waals surface area contributed by atoms with E-state index < -0.39 is 11.6 Å². The number of nitrogens with one attached hydrogen (secondary N) is 2. The molecule has 7 heteroatoms. The van der Waals surface area contributed by atoms with Crippen molar-refractivity contribution in [2.24, 2.45) is 5.73 Å². The minimum absolute atomic E-state index is 0.131. The van der Waals surface area contributed by atoms with Crippen molar-refractivity contribution in [3.63, 3.8) is 0 Å². The number of nitrogen functional groups attached to an aromatic ring is 2. The van der Waals surface area contributed by atoms with Gasteiger partial charge >= 0.3 is 0 Å². The summed E-state index contributed by atoms with van der Waals surface area (Å²) >= 11 is 0.801. The van der Waals surface area contributed by atoms with Crippen LogP contribution in [-0.2, 0) is 0 Å². The molecular weight excluding hydrogens is 282 g/mol. The molecule has 6 N–H and O–H groups in total. The van der Waals surface area contributed by atoms with Gasteiger partial charge in [0.2, 0.25) is 0 Å². The van der Waals surface area contributed by atoms with Crippen LogP contribution in [0.15, 0.2) is 41.3 Å². The highest BCUT2D eigenvalue weighted by Crippen LogP contribution is 2.27. The van der Waals surface area contributed by atoms with Gasteiger partial charge in [0.1, 0.15) is 17.5 Å². The lowest BCUT2D eigenvalue weighted by atomic mass is 10.1. The standard InChI is InChI=1S/C13H12F2N4S/c14-9-2-1-3-10(15)12(9)20-19-7-4-5-11(16)8(6-7)13(17)18/h1-6,19H,16H2,(H3,17,18). The largest absolute Gasteiger partial charge is 0.398 e. The molecule has 0 atom stereocenters. The van der Waals surface area contributed by atoms with E-state index in [1.807, 2.05) is 0 Å². The van der Waals surface area contributed by atoms with E-state index in [1.165, 1.54) is 18.2 Å². The molecule has 0 aliphatic rings. The fourth-order valence-electron chi connectivity index (χ4n) is 1.54. The fourth-order valence-corrected chi connectivity index (χ4v) is 2.22. The molecule has 0 spiro atoms. The van der Waals surface area contributed by atoms with Gasteiger partial charge in [-0.05, 0) is 42.3 Å². The summed E-state index contributed by atoms with van der Waals surface area (Å²) in [6.45, 7) is 0. The molecular formula is C13H12F2N4S. The Morgan fingerprint density at radius 1 is 1.15 bits per heavy atom. The predicted octanol–water partition coefficient (Wildman–Crippen LogP) is 2.95. The maximum atomic E-state index is 13.4. The van der Waals surface area contributed by atoms with Crippen molar-refractivity contribution in [2.75, 3.05) is 10.5 Å². The van der Waals surface area contributed by atoms with E-state index in [1.54, 1.807) is 18.2 Å². The first kappa shape index (κ1) is 14.1. The molecule has 20 heavy (non-hydrogen) atoms. The SMILES string of the molecule is N=C(N)c1cc(NSc2c(F)cccc2F)ccc1N. The molecule has 0 fully saturated rings. The summed E-state index contributed by atoms with van der Waals surface area (Å²) < 4.78 is 29.7. The monoisotopic (exact) mass is 294 g/mol. The van der Waals surface area contributed by atoms with Crippen LogP contribution in [-0.4, -0.2) is 5.84 Å². The van der Waals surface area contributed by atoms with Gasteiger partial charge in [0.15, 0.2) is 0 Å². The lowest BCUT2D eigenvalue weighted by Gasteiger charge is -2.10. The molecule has 0 radical (unpaired) electrons. The summed E-state index contributed by atoms with van der Waals surface area (Å²) in [6, 6.07) is 8.40. The molecule has 0 heterocycles. The van der Waals surface area contributed by atoms with Crippen molar-refractivity contribution < 1.29 is 8.78 Å². The van der Waals surface area contributed by atoms with Crippen molar-refractivity contribution in [1.29, 1.82) is 5.41 Å². The zero-order chi connectivity index (χ0) is 14.7. The molecule has 0 saturated heterocycles. The number of hydrogen-bond donors (Lipinski definition) is 4. The van der Waals surface area contributed by atoms with Gasteiger partial charge in [-0.1, -0.05) is 6.07 Å². The second-order valence-corrected chi connectivity index (χ2v) is 4.79. The molecule has 2 rings (SSSR count). The Kier molecular flexibility index (Phi) is 4.09. The van der Waals surface area contributed by atoms with E-state index >= 15 is 0 Å². The minimum atomic E-state index is -0.648. The Labute approximate surface area is 118 Å². The Morgan fingerprint density at radius 2 is 1.80 bits per heavy atom. The maximum absolute atomic E-state index is 13.4. The lowest BCUT2D eigenvalue weighted by Crippen LogP contribution is -2.13. The lowest BCUT2D eigenvalue weighted by molar-refractivity contribution is 0.541. The van der Waals surface area contributed by atoms with Gasteiger partial charge in [-0.15, -0.1) is 0 Å². The van der Waals surface area contributed by atoms with Crippen molar-refractivity contribution in [3.8, 4) is 0 Å². The van der Waals surface area contributed by atoms with Gasteiger partial charge in [-0.3, -0.25) is 5.41 Å². The molecule has 4 nitrogen and oxygen atoms in total. The van der Waals surface area contributed by atoms with Crippen LogP contribution in [0, 0.1) is 17.0 Å². The van der Waals surface area contributed by atoms with E-state index in [4.69, 9.17) is 16.9 Å². The number of anilines is 2. The summed E-state index contributed by atoms with van der Waals surface area (Å²) in [5.41, 5.74) is 12.3. The topological polar surface area (TPSA) is 87.9 Å². The highest BCUT2D eigenvalue weighted by molar-refractivity contribution is 8.00. The minimum Gasteiger partial charge on any atom is -0.398 e. The van der Waals surface area contributed by atoms with Crippen LogP contribution in [0.1, 0.15) is 5.56 Å². The molecule has 2 aromatic carbocycles. The first-order valence-electron chi connectivity index (χ1n) is 5.60. The van der Waals surface area contributed by atoms with E-state index in [0.29, 0.717) is 16.9 Å². The number of amidine groups is 1. The molecule has 0 aliphatic carbocycles. The third kappa shape index (κ3) is 3.00. The zero-order valence-electron chi connectivity index (χ0n) is 10.3. The summed E-state index contributed by atoms with van der Waals surface area (Å²) in [6.07, 6.45) is 0. The van der Waals surface area contributed by atoms with E-state index in [0.717, 1.165) is 11.9 Å². The van der Waals surface area contributed by atoms with Gasteiger partial charge in [-0.2, -0.15) is 0 Å². The number of rotatable bonds is 4. The number of benzene rings is 2. The van der Waals surface area contributed by atoms with Crippen molar-refractivity contribution in [1.82, 2.24) is 0 Å². The molecule has 0 saturated carbocycles. The van der Waals surface area contributed by atoms with Crippen LogP contribution < -0.4 is 16.2 Å². The second kappa shape index (κ2) is 5.79. The summed E-state index contributed by atoms with van der Waals surface area (Å²) in [7, 11) is 0. The molecule has 0 bridgehead atoms. The highest BCUT2D eigenvalue weighted by atomic mass is 32.2. The van der Waals surface area contributed by atoms with Crippen LogP contribution in [0.3, 0.4) is 0 Å². The van der Waals surface area contributed by atoms with E-state index in [2.05, 4.69) is 4.72 Å². The third-order valence-electron chi connectivity index (χ3n) is 2.53. The van der Waals surface area contributed by atoms with Crippen molar-refractivity contribution in [3.05, 3.63) is 53.6 Å². The third-order valence-corrected chi connectivity index (χ3v) is 3.47. The van der Waals surface area contributed by atoms with Gasteiger partial charge in [-0.25, -0.2) is 8.78 Å². The quantitative estimate of drug-likeness (QED) is 0.302. The molecule has 0 aromatic heterocycles. The van der Waals surface area contributed by atoms with Crippen LogP contribution in [0.25, 0.3) is 0 Å². The van der Waals surface area contributed by atoms with Gasteiger partial charge < -0.3 is 16.2 Å². The Morgan fingerprint density at radius 3 is 2.40 bits per heavy atom. The van der Waals surface area contributed by atoms with Crippen molar-refractivity contribution in [2.45, 2.75) is 4.90 Å². The average Bonchev–Trinajstić information content (AvgIpc) is 2.39. The molecule has 0 unspecified atom stereocenters. The molecule has 0 amide bonds. The van der Waals surface area contributed by atoms with E-state index in [-0.39, 0.29) is 10.7 Å². The summed E-state index contributed by atoms with van der Waals surface area (Å²) in [5, 5.41) is 7.38. The van der Waals surface area contributed by atoms with E-state index in [9.17, 15) is 8.78 Å². The highest BCUT2D eigenvalue weighted by Gasteiger charge is 2.10. The Bertz CT molecular complexity index is 641. The summed E-state index contributed by atoms with van der Waals surface area (Å²) in [4.78, 5) is -0.131. The molecule has 104 valence electrons. The van der Waals surface area contributed by atoms with Gasteiger partial charge in [0.25, 0.3) is 0 Å². The van der Waals surface area contributed by atoms with Crippen molar-refractivity contribution >= 4 is 29.2 Å². The normalized spacial score (nSPS) is 10.3. The van der Waals surface area contributed by atoms with Gasteiger partial charge in [0.05, 0.1) is 4.90 Å². The fraction of sp³-hybridized carbons (Fsp3) is 0. The van der Waals surface area contributed by atoms with Crippen LogP contribution >= 0.6 is 11.9 Å². The molecule has 0 aliphatic heterocycles. The number of hydrogen-bond acceptors (Lipinski definition) is 4. The second-order valence-electron chi connectivity index (χ2n) is 3.97. The first-order chi connectivity index (χ1) is 9.49. The summed E-state index contributed by atoms with van der Waals surface area (Å²) in [5.74, 6) is -1.47. The van der Waals surface area contributed by atoms with Crippen LogP contribution in [0.4, 0.5) is 20.2 Å². The van der Waals surface area contributed by atoms with Crippen LogP contribution in [0.5, 0.6) is 0 Å².